The van der Waals surface area contributed by atoms with Crippen LogP contribution < -0.4 is 20.9 Å². The van der Waals surface area contributed by atoms with E-state index in [1.54, 1.807) is 6.20 Å². The summed E-state index contributed by atoms with van der Waals surface area (Å²) in [6.45, 7) is 3.09. The summed E-state index contributed by atoms with van der Waals surface area (Å²) in [6, 6.07) is 9.99. The Labute approximate surface area is 140 Å². The first-order valence-electron chi connectivity index (χ1n) is 7.76. The largest absolute Gasteiger partial charge is 0.454 e. The van der Waals surface area contributed by atoms with E-state index >= 15 is 0 Å². The topological polar surface area (TPSA) is 99.0 Å². The van der Waals surface area contributed by atoms with Gasteiger partial charge in [0.1, 0.15) is 0 Å². The van der Waals surface area contributed by atoms with Gasteiger partial charge in [-0.05, 0) is 29.3 Å². The SMILES string of the molecule is NC(N)=NCCN(Cc1cccnc1)Cc1ccc2c(c1)OCO2. The molecule has 2 aromatic rings. The number of aliphatic imine (C=N–C) groups is 1. The highest BCUT2D eigenvalue weighted by molar-refractivity contribution is 5.75. The predicted octanol–water partition coefficient (Wildman–Crippen LogP) is 1.09. The summed E-state index contributed by atoms with van der Waals surface area (Å²) in [5.41, 5.74) is 13.1. The van der Waals surface area contributed by atoms with Gasteiger partial charge in [-0.2, -0.15) is 0 Å². The van der Waals surface area contributed by atoms with Crippen molar-refractivity contribution in [3.05, 3.63) is 53.9 Å². The molecule has 0 bridgehead atoms. The second kappa shape index (κ2) is 7.65. The van der Waals surface area contributed by atoms with Gasteiger partial charge in [0.05, 0.1) is 6.54 Å². The molecule has 1 aliphatic heterocycles. The molecule has 0 unspecified atom stereocenters. The molecule has 1 aromatic carbocycles. The molecule has 0 amide bonds. The molecule has 1 aliphatic rings. The molecule has 3 rings (SSSR count). The third-order valence-electron chi connectivity index (χ3n) is 3.68. The van der Waals surface area contributed by atoms with Crippen molar-refractivity contribution in [1.82, 2.24) is 9.88 Å². The molecule has 0 radical (unpaired) electrons. The zero-order valence-electron chi connectivity index (χ0n) is 13.4. The van der Waals surface area contributed by atoms with E-state index in [1.165, 1.54) is 0 Å². The van der Waals surface area contributed by atoms with Crippen LogP contribution in [0.1, 0.15) is 11.1 Å². The number of ether oxygens (including phenoxy) is 2. The summed E-state index contributed by atoms with van der Waals surface area (Å²) >= 11 is 0. The molecule has 0 atom stereocenters. The lowest BCUT2D eigenvalue weighted by Gasteiger charge is -2.21. The Morgan fingerprint density at radius 2 is 1.96 bits per heavy atom. The van der Waals surface area contributed by atoms with Crippen LogP contribution >= 0.6 is 0 Å². The smallest absolute Gasteiger partial charge is 0.231 e. The monoisotopic (exact) mass is 327 g/mol. The fourth-order valence-corrected chi connectivity index (χ4v) is 2.58. The molecule has 126 valence electrons. The number of guanidine groups is 1. The Morgan fingerprint density at radius 1 is 1.12 bits per heavy atom. The van der Waals surface area contributed by atoms with Crippen LogP contribution in [-0.2, 0) is 13.1 Å². The summed E-state index contributed by atoms with van der Waals surface area (Å²) in [6.07, 6.45) is 3.64. The normalized spacial score (nSPS) is 12.4. The predicted molar refractivity (Wildman–Crippen MR) is 91.6 cm³/mol. The summed E-state index contributed by atoms with van der Waals surface area (Å²) in [4.78, 5) is 10.5. The van der Waals surface area contributed by atoms with E-state index in [-0.39, 0.29) is 12.8 Å². The van der Waals surface area contributed by atoms with E-state index in [9.17, 15) is 0 Å². The lowest BCUT2D eigenvalue weighted by molar-refractivity contribution is 0.174. The Balaban J connectivity index is 1.69. The van der Waals surface area contributed by atoms with Crippen LogP contribution in [0.5, 0.6) is 11.5 Å². The molecule has 0 fully saturated rings. The van der Waals surface area contributed by atoms with E-state index in [4.69, 9.17) is 20.9 Å². The minimum absolute atomic E-state index is 0.111. The van der Waals surface area contributed by atoms with Gasteiger partial charge in [0, 0.05) is 32.0 Å². The minimum Gasteiger partial charge on any atom is -0.454 e. The van der Waals surface area contributed by atoms with Gasteiger partial charge in [0.15, 0.2) is 17.5 Å². The van der Waals surface area contributed by atoms with Crippen molar-refractivity contribution < 1.29 is 9.47 Å². The van der Waals surface area contributed by atoms with Crippen LogP contribution in [0.25, 0.3) is 0 Å². The quantitative estimate of drug-likeness (QED) is 0.583. The summed E-state index contributed by atoms with van der Waals surface area (Å²) in [5.74, 6) is 1.69. The number of fused-ring (bicyclic) bond motifs is 1. The third kappa shape index (κ3) is 4.36. The summed E-state index contributed by atoms with van der Waals surface area (Å²) in [7, 11) is 0. The van der Waals surface area contributed by atoms with Gasteiger partial charge in [-0.3, -0.25) is 14.9 Å². The fraction of sp³-hybridized carbons (Fsp3) is 0.294. The number of benzene rings is 1. The first-order valence-corrected chi connectivity index (χ1v) is 7.76. The number of nitrogens with two attached hydrogens (primary N) is 2. The molecule has 24 heavy (non-hydrogen) atoms. The zero-order valence-corrected chi connectivity index (χ0v) is 13.4. The Kier molecular flexibility index (Phi) is 5.12. The second-order valence-electron chi connectivity index (χ2n) is 5.57. The molecule has 0 saturated heterocycles. The van der Waals surface area contributed by atoms with Gasteiger partial charge >= 0.3 is 0 Å². The average molecular weight is 327 g/mol. The van der Waals surface area contributed by atoms with Crippen LogP contribution in [0.3, 0.4) is 0 Å². The number of hydrogen-bond acceptors (Lipinski definition) is 5. The first-order chi connectivity index (χ1) is 11.7. The maximum atomic E-state index is 5.45. The van der Waals surface area contributed by atoms with Gasteiger partial charge in [-0.1, -0.05) is 12.1 Å². The highest BCUT2D eigenvalue weighted by atomic mass is 16.7. The molecule has 4 N–H and O–H groups in total. The van der Waals surface area contributed by atoms with E-state index in [2.05, 4.69) is 20.9 Å². The van der Waals surface area contributed by atoms with E-state index < -0.39 is 0 Å². The zero-order chi connectivity index (χ0) is 16.8. The molecule has 0 aliphatic carbocycles. The highest BCUT2D eigenvalue weighted by Gasteiger charge is 2.15. The van der Waals surface area contributed by atoms with Crippen LogP contribution in [0, 0.1) is 0 Å². The maximum Gasteiger partial charge on any atom is 0.231 e. The van der Waals surface area contributed by atoms with E-state index in [1.807, 2.05) is 30.5 Å². The number of rotatable bonds is 7. The molecular weight excluding hydrogens is 306 g/mol. The second-order valence-corrected chi connectivity index (χ2v) is 5.57. The van der Waals surface area contributed by atoms with Gasteiger partial charge in [-0.25, -0.2) is 0 Å². The standard InChI is InChI=1S/C17H21N5O2/c18-17(19)21-6-7-22(11-14-2-1-5-20-9-14)10-13-3-4-15-16(8-13)24-12-23-15/h1-5,8-9H,6-7,10-12H2,(H4,18,19,21). The maximum absolute atomic E-state index is 5.45. The van der Waals surface area contributed by atoms with Crippen LogP contribution in [0.4, 0.5) is 0 Å². The highest BCUT2D eigenvalue weighted by Crippen LogP contribution is 2.32. The van der Waals surface area contributed by atoms with Crippen LogP contribution in [0.15, 0.2) is 47.7 Å². The fourth-order valence-electron chi connectivity index (χ4n) is 2.58. The first kappa shape index (κ1) is 16.1. The Morgan fingerprint density at radius 3 is 2.75 bits per heavy atom. The molecule has 0 saturated carbocycles. The lowest BCUT2D eigenvalue weighted by Crippen LogP contribution is -2.28. The van der Waals surface area contributed by atoms with Crippen molar-refractivity contribution in [3.8, 4) is 11.5 Å². The van der Waals surface area contributed by atoms with Crippen LogP contribution in [-0.4, -0.2) is 35.7 Å². The number of hydrogen-bond donors (Lipinski definition) is 2. The molecular formula is C17H21N5O2. The van der Waals surface area contributed by atoms with Gasteiger partial charge < -0.3 is 20.9 Å². The number of aromatic nitrogens is 1. The molecule has 0 spiro atoms. The Hall–Kier alpha value is -2.80. The molecule has 1 aromatic heterocycles. The van der Waals surface area contributed by atoms with Gasteiger partial charge in [0.2, 0.25) is 6.79 Å². The van der Waals surface area contributed by atoms with Crippen molar-refractivity contribution in [3.63, 3.8) is 0 Å². The molecule has 7 nitrogen and oxygen atoms in total. The molecule has 2 heterocycles. The lowest BCUT2D eigenvalue weighted by atomic mass is 10.1. The van der Waals surface area contributed by atoms with Gasteiger partial charge in [-0.15, -0.1) is 0 Å². The van der Waals surface area contributed by atoms with E-state index in [0.29, 0.717) is 6.54 Å². The third-order valence-corrected chi connectivity index (χ3v) is 3.68. The average Bonchev–Trinajstić information content (AvgIpc) is 3.03. The van der Waals surface area contributed by atoms with Crippen molar-refractivity contribution in [1.29, 1.82) is 0 Å². The summed E-state index contributed by atoms with van der Waals surface area (Å²) in [5, 5.41) is 0. The Bertz CT molecular complexity index is 701. The number of pyridine rings is 1. The van der Waals surface area contributed by atoms with Crippen molar-refractivity contribution in [2.24, 2.45) is 16.5 Å². The van der Waals surface area contributed by atoms with Crippen molar-refractivity contribution in [2.75, 3.05) is 19.9 Å². The van der Waals surface area contributed by atoms with Crippen molar-refractivity contribution in [2.45, 2.75) is 13.1 Å². The van der Waals surface area contributed by atoms with Crippen molar-refractivity contribution >= 4 is 5.96 Å². The van der Waals surface area contributed by atoms with Crippen LogP contribution in [0.2, 0.25) is 0 Å². The number of nitrogens with zero attached hydrogens (tertiary/aromatic N) is 3. The minimum atomic E-state index is 0.111. The molecule has 7 heteroatoms. The van der Waals surface area contributed by atoms with E-state index in [0.717, 1.165) is 42.3 Å². The van der Waals surface area contributed by atoms with Gasteiger partial charge in [0.25, 0.3) is 0 Å². The summed E-state index contributed by atoms with van der Waals surface area (Å²) < 4.78 is 10.8.